The van der Waals surface area contributed by atoms with Gasteiger partial charge in [0.1, 0.15) is 0 Å². The highest BCUT2D eigenvalue weighted by atomic mass is 14.9. The van der Waals surface area contributed by atoms with Gasteiger partial charge in [0.05, 0.1) is 16.8 Å². The summed E-state index contributed by atoms with van der Waals surface area (Å²) in [6.45, 7) is 0. The number of benzene rings is 9. The van der Waals surface area contributed by atoms with Crippen LogP contribution in [-0.2, 0) is 5.41 Å². The van der Waals surface area contributed by atoms with Crippen molar-refractivity contribution in [2.75, 3.05) is 0 Å². The van der Waals surface area contributed by atoms with Crippen LogP contribution in [0.4, 0.5) is 0 Å². The molecule has 59 heavy (non-hydrogen) atoms. The van der Waals surface area contributed by atoms with Gasteiger partial charge in [-0.15, -0.1) is 0 Å². The summed E-state index contributed by atoms with van der Waals surface area (Å²) in [7, 11) is 0. The zero-order chi connectivity index (χ0) is 38.9. The summed E-state index contributed by atoms with van der Waals surface area (Å²) in [4.78, 5) is 10.2. The first kappa shape index (κ1) is 33.5. The molecule has 0 unspecified atom stereocenters. The van der Waals surface area contributed by atoms with Crippen LogP contribution in [0.2, 0.25) is 0 Å². The van der Waals surface area contributed by atoms with Gasteiger partial charge in [-0.3, -0.25) is 0 Å². The van der Waals surface area contributed by atoms with E-state index in [0.717, 1.165) is 39.2 Å². The van der Waals surface area contributed by atoms with Gasteiger partial charge in [0.2, 0.25) is 0 Å². The Labute approximate surface area is 343 Å². The van der Waals surface area contributed by atoms with E-state index >= 15 is 0 Å². The summed E-state index contributed by atoms with van der Waals surface area (Å²) in [6.07, 6.45) is 0. The first-order valence-corrected chi connectivity index (χ1v) is 20.3. The van der Waals surface area contributed by atoms with Crippen LogP contribution in [-0.4, -0.2) is 9.97 Å². The van der Waals surface area contributed by atoms with Crippen molar-refractivity contribution in [1.29, 1.82) is 0 Å². The summed E-state index contributed by atoms with van der Waals surface area (Å²) >= 11 is 0. The van der Waals surface area contributed by atoms with E-state index in [1.165, 1.54) is 66.4 Å². The molecule has 0 bridgehead atoms. The molecule has 2 aliphatic carbocycles. The quantitative estimate of drug-likeness (QED) is 0.175. The minimum absolute atomic E-state index is 0.421. The molecular formula is C57H36N2. The van der Waals surface area contributed by atoms with Gasteiger partial charge in [0.25, 0.3) is 0 Å². The zero-order valence-electron chi connectivity index (χ0n) is 32.2. The maximum absolute atomic E-state index is 5.11. The molecule has 10 aromatic rings. The predicted octanol–water partition coefficient (Wildman–Crippen LogP) is 14.3. The molecular weight excluding hydrogens is 713 g/mol. The fraction of sp³-hybridized carbons (Fsp3) is 0.0175. The third-order valence-corrected chi connectivity index (χ3v) is 12.5. The molecule has 0 fully saturated rings. The lowest BCUT2D eigenvalue weighted by atomic mass is 9.69. The Morgan fingerprint density at radius 2 is 0.797 bits per heavy atom. The van der Waals surface area contributed by atoms with Crippen LogP contribution in [0.15, 0.2) is 218 Å². The van der Waals surface area contributed by atoms with Crippen LogP contribution in [0.25, 0.3) is 89.2 Å². The van der Waals surface area contributed by atoms with Crippen LogP contribution in [0.3, 0.4) is 0 Å². The molecule has 2 aliphatic rings. The molecule has 1 spiro atoms. The number of hydrogen-bond acceptors (Lipinski definition) is 2. The fourth-order valence-corrected chi connectivity index (χ4v) is 9.97. The summed E-state index contributed by atoms with van der Waals surface area (Å²) in [5, 5.41) is 2.55. The molecule has 0 saturated heterocycles. The Hall–Kier alpha value is -7.68. The molecule has 9 aromatic carbocycles. The van der Waals surface area contributed by atoms with Crippen LogP contribution in [0.5, 0.6) is 0 Å². The highest BCUT2D eigenvalue weighted by Crippen LogP contribution is 2.65. The Bertz CT molecular complexity index is 3150. The van der Waals surface area contributed by atoms with E-state index in [4.69, 9.17) is 9.97 Å². The lowest BCUT2D eigenvalue weighted by Crippen LogP contribution is -2.26. The molecule has 0 N–H and O–H groups in total. The van der Waals surface area contributed by atoms with Crippen molar-refractivity contribution in [1.82, 2.24) is 9.97 Å². The van der Waals surface area contributed by atoms with Gasteiger partial charge in [-0.25, -0.2) is 9.97 Å². The first-order valence-electron chi connectivity index (χ1n) is 20.3. The van der Waals surface area contributed by atoms with E-state index in [1.807, 2.05) is 12.1 Å². The second kappa shape index (κ2) is 13.2. The van der Waals surface area contributed by atoms with E-state index < -0.39 is 5.41 Å². The maximum Gasteiger partial charge on any atom is 0.160 e. The number of fused-ring (bicyclic) bond motifs is 12. The summed E-state index contributed by atoms with van der Waals surface area (Å²) in [5.74, 6) is 0.707. The van der Waals surface area contributed by atoms with Crippen molar-refractivity contribution in [3.8, 4) is 78.4 Å². The van der Waals surface area contributed by atoms with E-state index in [0.29, 0.717) is 5.82 Å². The summed E-state index contributed by atoms with van der Waals surface area (Å²) in [6, 6.07) is 79.2. The minimum Gasteiger partial charge on any atom is -0.228 e. The van der Waals surface area contributed by atoms with Crippen LogP contribution in [0, 0.1) is 0 Å². The van der Waals surface area contributed by atoms with Crippen molar-refractivity contribution >= 4 is 10.8 Å². The highest BCUT2D eigenvalue weighted by molar-refractivity contribution is 6.09. The lowest BCUT2D eigenvalue weighted by Gasteiger charge is -2.31. The van der Waals surface area contributed by atoms with Crippen molar-refractivity contribution < 1.29 is 0 Å². The molecule has 2 heteroatoms. The monoisotopic (exact) mass is 748 g/mol. The predicted molar refractivity (Wildman–Crippen MR) is 243 cm³/mol. The third-order valence-electron chi connectivity index (χ3n) is 12.5. The van der Waals surface area contributed by atoms with Crippen molar-refractivity contribution in [3.05, 3.63) is 241 Å². The summed E-state index contributed by atoms with van der Waals surface area (Å²) in [5.41, 5.74) is 19.9. The van der Waals surface area contributed by atoms with E-state index in [9.17, 15) is 0 Å². The maximum atomic E-state index is 5.11. The molecule has 12 rings (SSSR count). The molecule has 0 radical (unpaired) electrons. The Morgan fingerprint density at radius 3 is 1.44 bits per heavy atom. The molecule has 2 nitrogen and oxygen atoms in total. The molecule has 1 aromatic heterocycles. The largest absolute Gasteiger partial charge is 0.228 e. The topological polar surface area (TPSA) is 25.8 Å². The molecule has 0 atom stereocenters. The molecule has 0 saturated carbocycles. The minimum atomic E-state index is -0.421. The standard InChI is InChI=1S/C57H36N2/c1-3-16-39(17-4-1)52-36-53(40-18-5-2-6-19-40)59-56(58-52)43-22-15-21-41(34-43)37-30-32-38(33-31-37)48-35-42-20-7-8-23-44(42)55-54(48)47-26-11-14-29-51(47)57(55)49-27-12-9-24-45(49)46-25-10-13-28-50(46)57/h1-36H. The van der Waals surface area contributed by atoms with E-state index in [1.54, 1.807) is 0 Å². The van der Waals surface area contributed by atoms with Crippen molar-refractivity contribution in [3.63, 3.8) is 0 Å². The second-order valence-corrected chi connectivity index (χ2v) is 15.6. The Morgan fingerprint density at radius 1 is 0.305 bits per heavy atom. The van der Waals surface area contributed by atoms with Gasteiger partial charge >= 0.3 is 0 Å². The lowest BCUT2D eigenvalue weighted by molar-refractivity contribution is 0.801. The van der Waals surface area contributed by atoms with Crippen molar-refractivity contribution in [2.45, 2.75) is 5.41 Å². The fourth-order valence-electron chi connectivity index (χ4n) is 9.97. The number of nitrogens with zero attached hydrogens (tertiary/aromatic N) is 2. The zero-order valence-corrected chi connectivity index (χ0v) is 32.2. The smallest absolute Gasteiger partial charge is 0.160 e. The number of hydrogen-bond donors (Lipinski definition) is 0. The average Bonchev–Trinajstić information content (AvgIpc) is 3.80. The summed E-state index contributed by atoms with van der Waals surface area (Å²) < 4.78 is 0. The van der Waals surface area contributed by atoms with Crippen LogP contribution >= 0.6 is 0 Å². The van der Waals surface area contributed by atoms with Crippen LogP contribution in [0.1, 0.15) is 22.3 Å². The number of aromatic nitrogens is 2. The SMILES string of the molecule is c1ccc(-c2cc(-c3ccccc3)nc(-c3cccc(-c4ccc(-c5cc6ccccc6c6c5-c5ccccc5C65c6ccccc6-c6ccccc65)cc4)c3)n2)cc1. The average molecular weight is 749 g/mol. The third kappa shape index (κ3) is 5.06. The van der Waals surface area contributed by atoms with Gasteiger partial charge in [0.15, 0.2) is 5.82 Å². The molecule has 0 amide bonds. The first-order chi connectivity index (χ1) is 29.3. The van der Waals surface area contributed by atoms with Gasteiger partial charge in [0, 0.05) is 16.7 Å². The van der Waals surface area contributed by atoms with E-state index in [2.05, 4.69) is 206 Å². The highest BCUT2D eigenvalue weighted by Gasteiger charge is 2.52. The normalized spacial score (nSPS) is 12.9. The molecule has 1 heterocycles. The second-order valence-electron chi connectivity index (χ2n) is 15.6. The van der Waals surface area contributed by atoms with Crippen molar-refractivity contribution in [2.24, 2.45) is 0 Å². The molecule has 0 aliphatic heterocycles. The Balaban J connectivity index is 1.00. The van der Waals surface area contributed by atoms with Gasteiger partial charge in [-0.2, -0.15) is 0 Å². The van der Waals surface area contributed by atoms with Gasteiger partial charge in [-0.1, -0.05) is 200 Å². The molecule has 274 valence electrons. The van der Waals surface area contributed by atoms with Gasteiger partial charge < -0.3 is 0 Å². The Kier molecular flexibility index (Phi) is 7.48. The van der Waals surface area contributed by atoms with Crippen LogP contribution < -0.4 is 0 Å². The van der Waals surface area contributed by atoms with Gasteiger partial charge in [-0.05, 0) is 95.7 Å². The van der Waals surface area contributed by atoms with E-state index in [-0.39, 0.29) is 0 Å². The number of rotatable bonds is 5.